The second-order valence-electron chi connectivity index (χ2n) is 6.38. The van der Waals surface area contributed by atoms with E-state index in [9.17, 15) is 14.0 Å². The number of imidazole rings is 1. The lowest BCUT2D eigenvalue weighted by molar-refractivity contribution is -0.677. The first kappa shape index (κ1) is 16.7. The number of urea groups is 1. The van der Waals surface area contributed by atoms with E-state index in [2.05, 4.69) is 4.99 Å². The second-order valence-corrected chi connectivity index (χ2v) is 6.78. The van der Waals surface area contributed by atoms with Gasteiger partial charge in [-0.25, -0.2) is 18.3 Å². The summed E-state index contributed by atoms with van der Waals surface area (Å²) in [4.78, 5) is 32.6. The monoisotopic (exact) mass is 376 g/mol. The van der Waals surface area contributed by atoms with Crippen LogP contribution in [0.3, 0.4) is 0 Å². The van der Waals surface area contributed by atoms with Crippen LogP contribution < -0.4 is 4.57 Å². The van der Waals surface area contributed by atoms with E-state index < -0.39 is 23.8 Å². The van der Waals surface area contributed by atoms with E-state index >= 15 is 0 Å². The van der Waals surface area contributed by atoms with Gasteiger partial charge in [0.15, 0.2) is 0 Å². The number of hydrogen-bond donors (Lipinski definition) is 0. The number of carbonyl (C=O) groups excluding carboxylic acids is 2. The van der Waals surface area contributed by atoms with Crippen molar-refractivity contribution in [2.75, 3.05) is 7.05 Å². The first-order valence-corrected chi connectivity index (χ1v) is 8.37. The summed E-state index contributed by atoms with van der Waals surface area (Å²) in [5, 5.41) is 0.169. The number of aromatic nitrogens is 2. The number of carbonyl (C=O) groups is 2. The van der Waals surface area contributed by atoms with E-state index in [1.165, 1.54) is 23.1 Å². The first-order chi connectivity index (χ1) is 12.3. The van der Waals surface area contributed by atoms with Crippen LogP contribution in [0.5, 0.6) is 0 Å². The van der Waals surface area contributed by atoms with E-state index in [0.717, 1.165) is 10.6 Å². The Bertz CT molecular complexity index is 979. The van der Waals surface area contributed by atoms with Crippen LogP contribution in [-0.4, -0.2) is 39.2 Å². The molecule has 1 unspecified atom stereocenters. The van der Waals surface area contributed by atoms with Gasteiger partial charge in [0.25, 0.3) is 5.91 Å². The predicted octanol–water partition coefficient (Wildman–Crippen LogP) is 2.09. The number of nitrogens with zero attached hydrogens (tertiary/aromatic N) is 5. The van der Waals surface area contributed by atoms with Gasteiger partial charge in [-0.3, -0.25) is 14.6 Å². The van der Waals surface area contributed by atoms with Crippen molar-refractivity contribution < 1.29 is 18.5 Å². The summed E-state index contributed by atoms with van der Waals surface area (Å²) in [5.41, 5.74) is 1.04. The molecule has 3 heterocycles. The molecule has 9 heteroatoms. The molecule has 4 rings (SSSR count). The van der Waals surface area contributed by atoms with Crippen LogP contribution in [0.4, 0.5) is 15.1 Å². The first-order valence-electron chi connectivity index (χ1n) is 7.99. The Hall–Kier alpha value is -2.74. The number of rotatable bonds is 2. The standard InChI is InChI=1S/C17H16ClFN5O2/c1-9-7-23-13-14(20-16(23)21(9)2)22(3)17(26)24(15(13)25)8-10-11(18)5-4-6-12(10)19/h4-7,13H,8H2,1-3H3/q+1. The lowest BCUT2D eigenvalue weighted by Gasteiger charge is -2.33. The molecule has 0 bridgehead atoms. The van der Waals surface area contributed by atoms with Crippen molar-refractivity contribution in [1.82, 2.24) is 14.4 Å². The highest BCUT2D eigenvalue weighted by Crippen LogP contribution is 2.30. The number of benzene rings is 1. The largest absolute Gasteiger partial charge is 0.401 e. The normalized spacial score (nSPS) is 19.0. The van der Waals surface area contributed by atoms with E-state index in [-0.39, 0.29) is 17.1 Å². The highest BCUT2D eigenvalue weighted by molar-refractivity contribution is 6.31. The molecule has 2 aliphatic rings. The molecule has 1 atom stereocenters. The lowest BCUT2D eigenvalue weighted by Crippen LogP contribution is -2.62. The van der Waals surface area contributed by atoms with Crippen LogP contribution in [-0.2, 0) is 18.4 Å². The fourth-order valence-electron chi connectivity index (χ4n) is 3.28. The van der Waals surface area contributed by atoms with Crippen LogP contribution in [0.1, 0.15) is 17.3 Å². The molecule has 134 valence electrons. The molecule has 7 nitrogen and oxygen atoms in total. The molecule has 1 aromatic heterocycles. The Labute approximate surface area is 153 Å². The minimum absolute atomic E-state index is 0.108. The molecule has 1 aromatic carbocycles. The Morgan fingerprint density at radius 1 is 1.31 bits per heavy atom. The molecule has 0 N–H and O–H groups in total. The summed E-state index contributed by atoms with van der Waals surface area (Å²) < 4.78 is 17.7. The Kier molecular flexibility index (Phi) is 3.62. The third kappa shape index (κ3) is 2.18. The number of fused-ring (bicyclic) bond motifs is 3. The third-order valence-corrected chi connectivity index (χ3v) is 5.22. The summed E-state index contributed by atoms with van der Waals surface area (Å²) in [6.07, 6.45) is 1.81. The average Bonchev–Trinajstić information content (AvgIpc) is 3.09. The minimum Gasteiger partial charge on any atom is -0.270 e. The van der Waals surface area contributed by atoms with Gasteiger partial charge in [-0.05, 0) is 19.1 Å². The van der Waals surface area contributed by atoms with Crippen molar-refractivity contribution in [2.24, 2.45) is 12.0 Å². The maximum atomic E-state index is 14.1. The zero-order chi connectivity index (χ0) is 18.7. The molecule has 0 radical (unpaired) electrons. The molecule has 0 aliphatic carbocycles. The molecular formula is C17H16ClFN5O2+. The van der Waals surface area contributed by atoms with Crippen LogP contribution in [0, 0.1) is 12.7 Å². The molecule has 1 saturated heterocycles. The van der Waals surface area contributed by atoms with Crippen molar-refractivity contribution in [3.63, 3.8) is 0 Å². The van der Waals surface area contributed by atoms with Gasteiger partial charge in [0, 0.05) is 17.6 Å². The van der Waals surface area contributed by atoms with Gasteiger partial charge in [0.2, 0.25) is 11.9 Å². The fraction of sp³-hybridized carbons (Fsp3) is 0.294. The molecular weight excluding hydrogens is 361 g/mol. The van der Waals surface area contributed by atoms with Gasteiger partial charge in [-0.1, -0.05) is 22.7 Å². The number of halogens is 2. The highest BCUT2D eigenvalue weighted by atomic mass is 35.5. The van der Waals surface area contributed by atoms with Crippen molar-refractivity contribution >= 4 is 35.3 Å². The predicted molar refractivity (Wildman–Crippen MR) is 91.6 cm³/mol. The maximum Gasteiger partial charge on any atom is 0.401 e. The molecule has 26 heavy (non-hydrogen) atoms. The van der Waals surface area contributed by atoms with Crippen molar-refractivity contribution in [3.05, 3.63) is 46.5 Å². The summed E-state index contributed by atoms with van der Waals surface area (Å²) in [5.74, 6) is -0.0705. The molecule has 1 fully saturated rings. The van der Waals surface area contributed by atoms with Crippen molar-refractivity contribution in [3.8, 4) is 0 Å². The SMILES string of the molecule is Cc1c[n+]2c(n1C)N=C1C2C(=O)N(Cc2c(F)cccc2Cl)C(=O)N1C. The molecule has 0 spiro atoms. The van der Waals surface area contributed by atoms with Gasteiger partial charge >= 0.3 is 12.0 Å². The Morgan fingerprint density at radius 3 is 2.73 bits per heavy atom. The number of amides is 3. The van der Waals surface area contributed by atoms with Gasteiger partial charge in [0.1, 0.15) is 17.7 Å². The summed E-state index contributed by atoms with van der Waals surface area (Å²) >= 11 is 6.06. The quantitative estimate of drug-likeness (QED) is 0.753. The molecule has 2 aliphatic heterocycles. The van der Waals surface area contributed by atoms with Crippen molar-refractivity contribution in [2.45, 2.75) is 19.5 Å². The zero-order valence-corrected chi connectivity index (χ0v) is 15.2. The number of hydrogen-bond acceptors (Lipinski definition) is 3. The average molecular weight is 377 g/mol. The fourth-order valence-corrected chi connectivity index (χ4v) is 3.51. The maximum absolute atomic E-state index is 14.1. The molecule has 2 aromatic rings. The molecule has 3 amide bonds. The topological polar surface area (TPSA) is 61.8 Å². The van der Waals surface area contributed by atoms with Crippen LogP contribution in [0.2, 0.25) is 5.02 Å². The minimum atomic E-state index is -0.752. The second kappa shape index (κ2) is 5.63. The van der Waals surface area contributed by atoms with Crippen LogP contribution in [0.25, 0.3) is 0 Å². The van der Waals surface area contributed by atoms with Gasteiger partial charge in [0.05, 0.1) is 13.6 Å². The Balaban J connectivity index is 1.76. The van der Waals surface area contributed by atoms with Gasteiger partial charge < -0.3 is 0 Å². The van der Waals surface area contributed by atoms with Gasteiger partial charge in [-0.15, -0.1) is 0 Å². The third-order valence-electron chi connectivity index (χ3n) is 4.86. The smallest absolute Gasteiger partial charge is 0.270 e. The summed E-state index contributed by atoms with van der Waals surface area (Å²) in [6, 6.07) is 2.94. The summed E-state index contributed by atoms with van der Waals surface area (Å²) in [7, 11) is 3.39. The number of aliphatic imine (C=N–C) groups is 1. The highest BCUT2D eigenvalue weighted by Gasteiger charge is 2.53. The Morgan fingerprint density at radius 2 is 2.04 bits per heavy atom. The lowest BCUT2D eigenvalue weighted by atomic mass is 10.1. The van der Waals surface area contributed by atoms with Crippen LogP contribution in [0.15, 0.2) is 29.4 Å². The number of imide groups is 1. The van der Waals surface area contributed by atoms with E-state index in [4.69, 9.17) is 11.6 Å². The zero-order valence-electron chi connectivity index (χ0n) is 14.4. The summed E-state index contributed by atoms with van der Waals surface area (Å²) in [6.45, 7) is 1.67. The van der Waals surface area contributed by atoms with E-state index in [0.29, 0.717) is 11.8 Å². The number of aryl methyl sites for hydroxylation is 1. The number of amidine groups is 1. The van der Waals surface area contributed by atoms with Crippen molar-refractivity contribution in [1.29, 1.82) is 0 Å². The van der Waals surface area contributed by atoms with Crippen LogP contribution >= 0.6 is 11.6 Å². The number of likely N-dealkylation sites (N-methyl/N-ethyl adjacent to an activating group) is 1. The van der Waals surface area contributed by atoms with E-state index in [1.54, 1.807) is 11.6 Å². The van der Waals surface area contributed by atoms with Gasteiger partial charge in [-0.2, -0.15) is 0 Å². The molecule has 0 saturated carbocycles. The van der Waals surface area contributed by atoms with E-state index in [1.807, 2.05) is 24.7 Å².